The molecule has 0 aliphatic heterocycles. The number of nitrogens with one attached hydrogen (secondary N) is 1. The zero-order valence-corrected chi connectivity index (χ0v) is 12.0. The number of nitrogens with two attached hydrogens (primary N) is 1. The molecule has 20 heavy (non-hydrogen) atoms. The van der Waals surface area contributed by atoms with Crippen LogP contribution >= 0.6 is 11.3 Å². The first-order valence-corrected chi connectivity index (χ1v) is 6.93. The number of amides is 1. The SMILES string of the molecule is CCOC(=O)C(N)C(=O)Nc1ccc2nc(C)sc2c1. The lowest BCUT2D eigenvalue weighted by atomic mass is 10.2. The third-order valence-electron chi connectivity index (χ3n) is 2.59. The summed E-state index contributed by atoms with van der Waals surface area (Å²) in [5.74, 6) is -1.33. The van der Waals surface area contributed by atoms with Crippen molar-refractivity contribution in [1.29, 1.82) is 0 Å². The van der Waals surface area contributed by atoms with Crippen molar-refractivity contribution in [2.45, 2.75) is 19.9 Å². The van der Waals surface area contributed by atoms with Crippen LogP contribution in [0.15, 0.2) is 18.2 Å². The monoisotopic (exact) mass is 293 g/mol. The van der Waals surface area contributed by atoms with Gasteiger partial charge in [0.25, 0.3) is 5.91 Å². The van der Waals surface area contributed by atoms with Crippen LogP contribution in [0.4, 0.5) is 5.69 Å². The number of aromatic nitrogens is 1. The van der Waals surface area contributed by atoms with Gasteiger partial charge in [0.05, 0.1) is 21.8 Å². The third-order valence-corrected chi connectivity index (χ3v) is 3.52. The van der Waals surface area contributed by atoms with Gasteiger partial charge in [-0.25, -0.2) is 9.78 Å². The van der Waals surface area contributed by atoms with Crippen LogP contribution in [0.3, 0.4) is 0 Å². The molecule has 0 fully saturated rings. The number of ether oxygens (including phenoxy) is 1. The summed E-state index contributed by atoms with van der Waals surface area (Å²) in [4.78, 5) is 27.5. The molecule has 0 radical (unpaired) electrons. The largest absolute Gasteiger partial charge is 0.464 e. The smallest absolute Gasteiger partial charge is 0.332 e. The Morgan fingerprint density at radius 3 is 2.95 bits per heavy atom. The van der Waals surface area contributed by atoms with Crippen molar-refractivity contribution in [3.05, 3.63) is 23.2 Å². The van der Waals surface area contributed by atoms with Gasteiger partial charge in [0.1, 0.15) is 0 Å². The number of thiazole rings is 1. The van der Waals surface area contributed by atoms with Crippen LogP contribution in [0, 0.1) is 6.92 Å². The van der Waals surface area contributed by atoms with Gasteiger partial charge in [0, 0.05) is 5.69 Å². The molecule has 1 amide bonds. The van der Waals surface area contributed by atoms with E-state index in [9.17, 15) is 9.59 Å². The van der Waals surface area contributed by atoms with Crippen molar-refractivity contribution in [3.8, 4) is 0 Å². The molecule has 0 bridgehead atoms. The molecule has 2 rings (SSSR count). The summed E-state index contributed by atoms with van der Waals surface area (Å²) in [5, 5.41) is 3.55. The highest BCUT2D eigenvalue weighted by Crippen LogP contribution is 2.24. The van der Waals surface area contributed by atoms with Crippen LogP contribution in [0.25, 0.3) is 10.2 Å². The highest BCUT2D eigenvalue weighted by Gasteiger charge is 2.23. The first kappa shape index (κ1) is 14.4. The van der Waals surface area contributed by atoms with E-state index in [0.717, 1.165) is 15.2 Å². The van der Waals surface area contributed by atoms with Gasteiger partial charge in [-0.2, -0.15) is 0 Å². The number of carbonyl (C=O) groups is 2. The summed E-state index contributed by atoms with van der Waals surface area (Å²) in [6, 6.07) is 4.01. The molecule has 0 saturated carbocycles. The topological polar surface area (TPSA) is 94.3 Å². The molecule has 1 unspecified atom stereocenters. The molecule has 2 aromatic rings. The molecule has 0 aliphatic carbocycles. The average molecular weight is 293 g/mol. The lowest BCUT2D eigenvalue weighted by molar-refractivity contribution is -0.146. The van der Waals surface area contributed by atoms with Gasteiger partial charge >= 0.3 is 5.97 Å². The Hall–Kier alpha value is -1.99. The number of esters is 1. The molecule has 1 aromatic carbocycles. The van der Waals surface area contributed by atoms with E-state index in [4.69, 9.17) is 10.5 Å². The summed E-state index contributed by atoms with van der Waals surface area (Å²) in [6.07, 6.45) is 0. The number of benzene rings is 1. The highest BCUT2D eigenvalue weighted by atomic mass is 32.1. The van der Waals surface area contributed by atoms with E-state index >= 15 is 0 Å². The Bertz CT molecular complexity index is 653. The van der Waals surface area contributed by atoms with Crippen LogP contribution in [0.1, 0.15) is 11.9 Å². The number of nitrogens with zero attached hydrogens (tertiary/aromatic N) is 1. The van der Waals surface area contributed by atoms with Crippen LogP contribution in [-0.2, 0) is 14.3 Å². The van der Waals surface area contributed by atoms with E-state index in [-0.39, 0.29) is 6.61 Å². The fourth-order valence-corrected chi connectivity index (χ4v) is 2.54. The molecule has 7 heteroatoms. The number of hydrogen-bond donors (Lipinski definition) is 2. The Labute approximate surface area is 119 Å². The second-order valence-corrected chi connectivity index (χ2v) is 5.37. The minimum absolute atomic E-state index is 0.186. The molecule has 1 atom stereocenters. The van der Waals surface area contributed by atoms with Gasteiger partial charge in [-0.05, 0) is 32.0 Å². The number of rotatable bonds is 4. The molecule has 0 aliphatic rings. The van der Waals surface area contributed by atoms with Crippen LogP contribution in [-0.4, -0.2) is 29.5 Å². The Balaban J connectivity index is 2.11. The van der Waals surface area contributed by atoms with Crippen molar-refractivity contribution in [2.75, 3.05) is 11.9 Å². The average Bonchev–Trinajstić information content (AvgIpc) is 2.77. The zero-order valence-electron chi connectivity index (χ0n) is 11.2. The lowest BCUT2D eigenvalue weighted by Gasteiger charge is -2.11. The summed E-state index contributed by atoms with van der Waals surface area (Å²) in [5.41, 5.74) is 6.97. The van der Waals surface area contributed by atoms with E-state index in [1.807, 2.05) is 13.0 Å². The molecular weight excluding hydrogens is 278 g/mol. The number of anilines is 1. The van der Waals surface area contributed by atoms with Gasteiger partial charge in [0.2, 0.25) is 0 Å². The van der Waals surface area contributed by atoms with E-state index in [1.165, 1.54) is 11.3 Å². The van der Waals surface area contributed by atoms with Crippen molar-refractivity contribution in [3.63, 3.8) is 0 Å². The van der Waals surface area contributed by atoms with Crippen molar-refractivity contribution >= 4 is 39.1 Å². The lowest BCUT2D eigenvalue weighted by Crippen LogP contribution is -2.43. The molecule has 1 aromatic heterocycles. The summed E-state index contributed by atoms with van der Waals surface area (Å²) < 4.78 is 5.67. The minimum Gasteiger partial charge on any atom is -0.464 e. The minimum atomic E-state index is -1.33. The van der Waals surface area contributed by atoms with Gasteiger partial charge in [-0.15, -0.1) is 11.3 Å². The number of carbonyl (C=O) groups excluding carboxylic acids is 2. The molecule has 6 nitrogen and oxygen atoms in total. The normalized spacial score (nSPS) is 12.2. The second-order valence-electron chi connectivity index (χ2n) is 4.13. The fraction of sp³-hybridized carbons (Fsp3) is 0.308. The van der Waals surface area contributed by atoms with Gasteiger partial charge in [0.15, 0.2) is 6.04 Å². The third kappa shape index (κ3) is 3.12. The predicted molar refractivity (Wildman–Crippen MR) is 77.6 cm³/mol. The molecule has 106 valence electrons. The van der Waals surface area contributed by atoms with E-state index in [1.54, 1.807) is 19.1 Å². The maximum atomic E-state index is 11.8. The van der Waals surface area contributed by atoms with E-state index in [0.29, 0.717) is 5.69 Å². The maximum absolute atomic E-state index is 11.8. The Morgan fingerprint density at radius 2 is 2.25 bits per heavy atom. The molecule has 3 N–H and O–H groups in total. The summed E-state index contributed by atoms with van der Waals surface area (Å²) in [6.45, 7) is 3.76. The Morgan fingerprint density at radius 1 is 1.50 bits per heavy atom. The maximum Gasteiger partial charge on any atom is 0.332 e. The predicted octanol–water partition coefficient (Wildman–Crippen LogP) is 1.43. The van der Waals surface area contributed by atoms with Crippen molar-refractivity contribution in [2.24, 2.45) is 5.73 Å². The van der Waals surface area contributed by atoms with Crippen LogP contribution < -0.4 is 11.1 Å². The first-order valence-electron chi connectivity index (χ1n) is 6.11. The molecular formula is C13H15N3O3S. The van der Waals surface area contributed by atoms with Crippen LogP contribution in [0.5, 0.6) is 0 Å². The summed E-state index contributed by atoms with van der Waals surface area (Å²) >= 11 is 1.53. The van der Waals surface area contributed by atoms with Gasteiger partial charge < -0.3 is 15.8 Å². The molecule has 0 spiro atoms. The number of fused-ring (bicyclic) bond motifs is 1. The fourth-order valence-electron chi connectivity index (χ4n) is 1.68. The van der Waals surface area contributed by atoms with Crippen molar-refractivity contribution < 1.29 is 14.3 Å². The van der Waals surface area contributed by atoms with Crippen LogP contribution in [0.2, 0.25) is 0 Å². The van der Waals surface area contributed by atoms with Gasteiger partial charge in [-0.1, -0.05) is 0 Å². The standard InChI is InChI=1S/C13H15N3O3S/c1-3-19-13(18)11(14)12(17)16-8-4-5-9-10(6-8)20-7(2)15-9/h4-6,11H,3,14H2,1-2H3,(H,16,17). The molecule has 0 saturated heterocycles. The Kier molecular flexibility index (Phi) is 4.31. The number of aryl methyl sites for hydroxylation is 1. The van der Waals surface area contributed by atoms with Gasteiger partial charge in [-0.3, -0.25) is 4.79 Å². The quantitative estimate of drug-likeness (QED) is 0.657. The highest BCUT2D eigenvalue weighted by molar-refractivity contribution is 7.18. The second kappa shape index (κ2) is 5.98. The zero-order chi connectivity index (χ0) is 14.7. The van der Waals surface area contributed by atoms with E-state index in [2.05, 4.69) is 10.3 Å². The molecule has 1 heterocycles. The van der Waals surface area contributed by atoms with E-state index < -0.39 is 17.9 Å². The number of hydrogen-bond acceptors (Lipinski definition) is 6. The van der Waals surface area contributed by atoms with Crippen molar-refractivity contribution in [1.82, 2.24) is 4.98 Å². The first-order chi connectivity index (χ1) is 9.51. The summed E-state index contributed by atoms with van der Waals surface area (Å²) in [7, 11) is 0.